The molecule has 1 atom stereocenters. The van der Waals surface area contributed by atoms with E-state index in [4.69, 9.17) is 9.84 Å². The molecule has 1 rings (SSSR count). The number of hydrogen-bond donors (Lipinski definition) is 2. The van der Waals surface area contributed by atoms with Crippen LogP contribution in [-0.4, -0.2) is 47.2 Å². The Balaban J connectivity index is 2.52. The number of carbonyl (C=O) groups excluding carboxylic acids is 1. The molecule has 1 unspecified atom stereocenters. The minimum atomic E-state index is -1.08. The van der Waals surface area contributed by atoms with E-state index in [1.54, 1.807) is 6.92 Å². The van der Waals surface area contributed by atoms with E-state index in [9.17, 15) is 9.59 Å². The highest BCUT2D eigenvalue weighted by atomic mass is 32.2. The summed E-state index contributed by atoms with van der Waals surface area (Å²) in [6.45, 7) is 2.16. The number of carbonyl (C=O) groups is 2. The van der Waals surface area contributed by atoms with Crippen LogP contribution < -0.4 is 5.32 Å². The summed E-state index contributed by atoms with van der Waals surface area (Å²) in [5, 5.41) is 11.6. The van der Waals surface area contributed by atoms with Crippen molar-refractivity contribution >= 4 is 23.6 Å². The summed E-state index contributed by atoms with van der Waals surface area (Å²) in [6.07, 6.45) is 0.477. The Bertz CT molecular complexity index is 250. The first-order chi connectivity index (χ1) is 7.10. The molecule has 1 aliphatic heterocycles. The van der Waals surface area contributed by atoms with Crippen LogP contribution >= 0.6 is 11.8 Å². The molecule has 1 amide bonds. The molecule has 0 aromatic rings. The lowest BCUT2D eigenvalue weighted by Gasteiger charge is -2.24. The van der Waals surface area contributed by atoms with E-state index in [0.717, 1.165) is 5.75 Å². The van der Waals surface area contributed by atoms with Crippen molar-refractivity contribution < 1.29 is 19.4 Å². The van der Waals surface area contributed by atoms with Crippen molar-refractivity contribution in [3.8, 4) is 0 Å². The van der Waals surface area contributed by atoms with Crippen LogP contribution in [0.25, 0.3) is 0 Å². The third-order valence-electron chi connectivity index (χ3n) is 2.25. The summed E-state index contributed by atoms with van der Waals surface area (Å²) in [5.74, 6) is -0.124. The third kappa shape index (κ3) is 3.10. The average Bonchev–Trinajstić information content (AvgIpc) is 2.64. The van der Waals surface area contributed by atoms with Gasteiger partial charge in [-0.3, -0.25) is 4.79 Å². The molecule has 0 spiro atoms. The highest BCUT2D eigenvalue weighted by Gasteiger charge is 2.43. The molecule has 1 saturated heterocycles. The third-order valence-corrected chi connectivity index (χ3v) is 3.44. The van der Waals surface area contributed by atoms with Crippen molar-refractivity contribution in [1.29, 1.82) is 0 Å². The van der Waals surface area contributed by atoms with Gasteiger partial charge in [0.1, 0.15) is 12.1 Å². The smallest absolute Gasteiger partial charge is 0.330 e. The highest BCUT2D eigenvalue weighted by Crippen LogP contribution is 2.28. The highest BCUT2D eigenvalue weighted by molar-refractivity contribution is 7.99. The molecule has 5 nitrogen and oxygen atoms in total. The summed E-state index contributed by atoms with van der Waals surface area (Å²) in [6, 6.07) is 0. The normalized spacial score (nSPS) is 25.1. The van der Waals surface area contributed by atoms with Gasteiger partial charge in [-0.05, 0) is 19.1 Å². The Kier molecular flexibility index (Phi) is 4.41. The number of amides is 1. The van der Waals surface area contributed by atoms with Gasteiger partial charge in [-0.15, -0.1) is 0 Å². The Morgan fingerprint density at radius 2 is 2.33 bits per heavy atom. The number of carboxylic acid groups (broad SMARTS) is 1. The SMILES string of the molecule is CCOCC(=O)NC1(C(=O)O)CCSC1. The second kappa shape index (κ2) is 5.37. The van der Waals surface area contributed by atoms with Crippen LogP contribution in [0, 0.1) is 0 Å². The van der Waals surface area contributed by atoms with Gasteiger partial charge in [0, 0.05) is 12.4 Å². The van der Waals surface area contributed by atoms with Crippen LogP contribution in [0.2, 0.25) is 0 Å². The number of thioether (sulfide) groups is 1. The lowest BCUT2D eigenvalue weighted by molar-refractivity contribution is -0.147. The number of hydrogen-bond acceptors (Lipinski definition) is 4. The van der Waals surface area contributed by atoms with Gasteiger partial charge in [0.15, 0.2) is 0 Å². The van der Waals surface area contributed by atoms with Gasteiger partial charge in [-0.25, -0.2) is 4.79 Å². The van der Waals surface area contributed by atoms with E-state index in [0.29, 0.717) is 18.8 Å². The fourth-order valence-corrected chi connectivity index (χ4v) is 2.71. The Hall–Kier alpha value is -0.750. The van der Waals surface area contributed by atoms with Gasteiger partial charge in [-0.1, -0.05) is 0 Å². The minimum absolute atomic E-state index is 0.0732. The maximum atomic E-state index is 11.4. The second-order valence-corrected chi connectivity index (χ2v) is 4.48. The largest absolute Gasteiger partial charge is 0.479 e. The molecule has 15 heavy (non-hydrogen) atoms. The second-order valence-electron chi connectivity index (χ2n) is 3.38. The van der Waals surface area contributed by atoms with Crippen molar-refractivity contribution in [3.05, 3.63) is 0 Å². The molecule has 0 saturated carbocycles. The monoisotopic (exact) mass is 233 g/mol. The minimum Gasteiger partial charge on any atom is -0.479 e. The van der Waals surface area contributed by atoms with Gasteiger partial charge in [0.2, 0.25) is 5.91 Å². The van der Waals surface area contributed by atoms with Crippen molar-refractivity contribution in [2.75, 3.05) is 24.7 Å². The molecule has 1 heterocycles. The van der Waals surface area contributed by atoms with Crippen LogP contribution in [0.5, 0.6) is 0 Å². The first-order valence-electron chi connectivity index (χ1n) is 4.80. The predicted octanol–water partition coefficient (Wildman–Crippen LogP) is 0.0994. The Morgan fingerprint density at radius 3 is 2.80 bits per heavy atom. The fraction of sp³-hybridized carbons (Fsp3) is 0.778. The van der Waals surface area contributed by atoms with E-state index >= 15 is 0 Å². The van der Waals surface area contributed by atoms with Crippen LogP contribution in [0.1, 0.15) is 13.3 Å². The van der Waals surface area contributed by atoms with Gasteiger partial charge >= 0.3 is 5.97 Å². The van der Waals surface area contributed by atoms with E-state index < -0.39 is 11.5 Å². The quantitative estimate of drug-likeness (QED) is 0.704. The Labute approximate surface area is 92.6 Å². The van der Waals surface area contributed by atoms with Gasteiger partial charge in [0.05, 0.1) is 0 Å². The summed E-state index contributed by atoms with van der Waals surface area (Å²) < 4.78 is 4.92. The molecule has 0 aromatic heterocycles. The molecule has 0 aromatic carbocycles. The first kappa shape index (κ1) is 12.3. The summed E-state index contributed by atoms with van der Waals surface area (Å²) in [7, 11) is 0. The predicted molar refractivity (Wildman–Crippen MR) is 56.9 cm³/mol. The number of nitrogens with one attached hydrogen (secondary N) is 1. The number of carboxylic acids is 1. The molecule has 1 fully saturated rings. The number of aliphatic carboxylic acids is 1. The molecule has 6 heteroatoms. The fourth-order valence-electron chi connectivity index (χ4n) is 1.38. The van der Waals surface area contributed by atoms with Gasteiger partial charge in [-0.2, -0.15) is 11.8 Å². The molecule has 0 aliphatic carbocycles. The maximum absolute atomic E-state index is 11.4. The maximum Gasteiger partial charge on any atom is 0.330 e. The van der Waals surface area contributed by atoms with Crippen molar-refractivity contribution in [2.24, 2.45) is 0 Å². The average molecular weight is 233 g/mol. The van der Waals surface area contributed by atoms with E-state index in [1.807, 2.05) is 0 Å². The number of ether oxygens (including phenoxy) is 1. The lowest BCUT2D eigenvalue weighted by Crippen LogP contribution is -2.55. The van der Waals surface area contributed by atoms with Crippen LogP contribution in [0.3, 0.4) is 0 Å². The molecule has 1 aliphatic rings. The lowest BCUT2D eigenvalue weighted by atomic mass is 9.99. The molecule has 0 radical (unpaired) electrons. The number of rotatable bonds is 5. The topological polar surface area (TPSA) is 75.6 Å². The Morgan fingerprint density at radius 1 is 1.60 bits per heavy atom. The molecule has 2 N–H and O–H groups in total. The van der Waals surface area contributed by atoms with Crippen molar-refractivity contribution in [1.82, 2.24) is 5.32 Å². The summed E-state index contributed by atoms with van der Waals surface area (Å²) in [5.41, 5.74) is -1.08. The molecule has 0 bridgehead atoms. The van der Waals surface area contributed by atoms with E-state index in [-0.39, 0.29) is 12.5 Å². The zero-order valence-corrected chi connectivity index (χ0v) is 9.43. The molecule has 86 valence electrons. The summed E-state index contributed by atoms with van der Waals surface area (Å²) in [4.78, 5) is 22.4. The summed E-state index contributed by atoms with van der Waals surface area (Å²) >= 11 is 1.54. The zero-order chi connectivity index (χ0) is 11.3. The molecular weight excluding hydrogens is 218 g/mol. The van der Waals surface area contributed by atoms with Crippen molar-refractivity contribution in [2.45, 2.75) is 18.9 Å². The zero-order valence-electron chi connectivity index (χ0n) is 8.62. The standard InChI is InChI=1S/C9H15NO4S/c1-2-14-5-7(11)10-9(8(12)13)3-4-15-6-9/h2-6H2,1H3,(H,10,11)(H,12,13). The van der Waals surface area contributed by atoms with Gasteiger partial charge in [0.25, 0.3) is 0 Å². The first-order valence-corrected chi connectivity index (χ1v) is 5.96. The van der Waals surface area contributed by atoms with E-state index in [2.05, 4.69) is 5.32 Å². The molecular formula is C9H15NO4S. The van der Waals surface area contributed by atoms with E-state index in [1.165, 1.54) is 11.8 Å². The van der Waals surface area contributed by atoms with Crippen LogP contribution in [0.15, 0.2) is 0 Å². The van der Waals surface area contributed by atoms with Crippen LogP contribution in [0.4, 0.5) is 0 Å². The van der Waals surface area contributed by atoms with Gasteiger partial charge < -0.3 is 15.2 Å². The van der Waals surface area contributed by atoms with Crippen molar-refractivity contribution in [3.63, 3.8) is 0 Å². The van der Waals surface area contributed by atoms with Crippen LogP contribution in [-0.2, 0) is 14.3 Å².